The summed E-state index contributed by atoms with van der Waals surface area (Å²) in [6.45, 7) is 2.44. The van der Waals surface area contributed by atoms with Crippen molar-refractivity contribution in [3.8, 4) is 23.0 Å². The number of fused-ring (bicyclic) bond motifs is 1. The minimum atomic E-state index is -0.540. The zero-order chi connectivity index (χ0) is 28.3. The van der Waals surface area contributed by atoms with Crippen molar-refractivity contribution in [2.24, 2.45) is 5.92 Å². The largest absolute Gasteiger partial charge is 0.486 e. The van der Waals surface area contributed by atoms with Crippen LogP contribution in [-0.2, 0) is 22.6 Å². The number of benzene rings is 4. The average molecular weight is 557 g/mol. The van der Waals surface area contributed by atoms with Gasteiger partial charge in [-0.2, -0.15) is 0 Å². The second-order valence-electron chi connectivity index (χ2n) is 10.3. The third-order valence-electron chi connectivity index (χ3n) is 7.57. The molecular formula is C34H30F2O5. The number of rotatable bonds is 10. The zero-order valence-electron chi connectivity index (χ0n) is 22.6. The number of carbonyl (C=O) groups excluding carboxylic acids is 1. The molecule has 0 aliphatic heterocycles. The molecular weight excluding hydrogens is 526 g/mol. The molecule has 0 heterocycles. The van der Waals surface area contributed by atoms with Crippen LogP contribution >= 0.6 is 0 Å². The van der Waals surface area contributed by atoms with Gasteiger partial charge < -0.3 is 18.9 Å². The summed E-state index contributed by atoms with van der Waals surface area (Å²) in [5.74, 6) is 0.553. The first-order valence-electron chi connectivity index (χ1n) is 13.9. The van der Waals surface area contributed by atoms with Crippen LogP contribution in [0.15, 0.2) is 84.9 Å². The molecule has 210 valence electrons. The maximum atomic E-state index is 15.0. The molecule has 6 rings (SSSR count). The van der Waals surface area contributed by atoms with Crippen LogP contribution in [-0.4, -0.2) is 12.6 Å². The Morgan fingerprint density at radius 3 is 2.39 bits per heavy atom. The standard InChI is InChI=1S/C34H30F2O5/c1-2-38-34(37)27-19-26(27)22-8-10-23(11-9-22)40-32-16-13-25-30(17-14-28(35)33(25)32)41-24-12-15-31(29(36)18-24)39-20-21-6-4-3-5-7-21/h3-12,14-15,17-18,26-27,32H,2,13,16,19-20H2,1H3/t26-,27+,32-/m1/s1. The lowest BCUT2D eigenvalue weighted by Crippen LogP contribution is -2.07. The molecule has 2 aliphatic carbocycles. The smallest absolute Gasteiger partial charge is 0.309 e. The number of halogens is 2. The van der Waals surface area contributed by atoms with E-state index >= 15 is 4.39 Å². The molecule has 2 aliphatic rings. The molecule has 3 atom stereocenters. The van der Waals surface area contributed by atoms with Gasteiger partial charge in [-0.25, -0.2) is 8.78 Å². The van der Waals surface area contributed by atoms with Gasteiger partial charge in [-0.1, -0.05) is 42.5 Å². The molecule has 0 radical (unpaired) electrons. The molecule has 0 bridgehead atoms. The average Bonchev–Trinajstić information content (AvgIpc) is 3.68. The molecule has 7 heteroatoms. The molecule has 41 heavy (non-hydrogen) atoms. The van der Waals surface area contributed by atoms with E-state index in [0.717, 1.165) is 17.5 Å². The first-order valence-corrected chi connectivity index (χ1v) is 13.9. The van der Waals surface area contributed by atoms with Crippen molar-refractivity contribution in [2.75, 3.05) is 6.61 Å². The quantitative estimate of drug-likeness (QED) is 0.185. The lowest BCUT2D eigenvalue weighted by molar-refractivity contribution is -0.144. The van der Waals surface area contributed by atoms with Crippen molar-refractivity contribution in [3.63, 3.8) is 0 Å². The number of hydrogen-bond donors (Lipinski definition) is 0. The van der Waals surface area contributed by atoms with Crippen molar-refractivity contribution in [1.82, 2.24) is 0 Å². The fraction of sp³-hybridized carbons (Fsp3) is 0.265. The van der Waals surface area contributed by atoms with E-state index in [1.807, 2.05) is 54.6 Å². The second-order valence-corrected chi connectivity index (χ2v) is 10.3. The van der Waals surface area contributed by atoms with E-state index in [-0.39, 0.29) is 36.0 Å². The van der Waals surface area contributed by atoms with E-state index in [4.69, 9.17) is 18.9 Å². The van der Waals surface area contributed by atoms with Crippen LogP contribution in [0.3, 0.4) is 0 Å². The SMILES string of the molecule is CCOC(=O)[C@H]1C[C@@H]1c1ccc(O[C@@H]2CCc3c(Oc4ccc(OCc5ccccc5)c(F)c4)ccc(F)c32)cc1. The van der Waals surface area contributed by atoms with Gasteiger partial charge in [0.25, 0.3) is 0 Å². The maximum Gasteiger partial charge on any atom is 0.309 e. The van der Waals surface area contributed by atoms with Gasteiger partial charge in [0.05, 0.1) is 12.5 Å². The minimum Gasteiger partial charge on any atom is -0.486 e. The fourth-order valence-corrected chi connectivity index (χ4v) is 5.41. The van der Waals surface area contributed by atoms with Crippen LogP contribution in [0.5, 0.6) is 23.0 Å². The Morgan fingerprint density at radius 2 is 1.63 bits per heavy atom. The van der Waals surface area contributed by atoms with Crippen LogP contribution in [0.2, 0.25) is 0 Å². The van der Waals surface area contributed by atoms with Gasteiger partial charge in [-0.15, -0.1) is 0 Å². The van der Waals surface area contributed by atoms with Gasteiger partial charge in [0.2, 0.25) is 0 Å². The van der Waals surface area contributed by atoms with Gasteiger partial charge >= 0.3 is 5.97 Å². The Hall–Kier alpha value is -4.39. The van der Waals surface area contributed by atoms with E-state index in [1.54, 1.807) is 19.1 Å². The van der Waals surface area contributed by atoms with Gasteiger partial charge in [-0.3, -0.25) is 4.79 Å². The summed E-state index contributed by atoms with van der Waals surface area (Å²) < 4.78 is 52.7. The predicted molar refractivity (Wildman–Crippen MR) is 149 cm³/mol. The minimum absolute atomic E-state index is 0.0811. The normalized spacial score (nSPS) is 18.9. The van der Waals surface area contributed by atoms with E-state index in [2.05, 4.69) is 0 Å². The zero-order valence-corrected chi connectivity index (χ0v) is 22.6. The summed E-state index contributed by atoms with van der Waals surface area (Å²) in [5.41, 5.74) is 3.17. The highest BCUT2D eigenvalue weighted by atomic mass is 19.1. The van der Waals surface area contributed by atoms with Crippen molar-refractivity contribution in [3.05, 3.63) is 119 Å². The summed E-state index contributed by atoms with van der Waals surface area (Å²) in [5, 5.41) is 0. The Bertz CT molecular complexity index is 1540. The molecule has 1 fully saturated rings. The molecule has 0 aromatic heterocycles. The summed E-state index contributed by atoms with van der Waals surface area (Å²) in [4.78, 5) is 12.0. The van der Waals surface area contributed by atoms with Gasteiger partial charge in [-0.05, 0) is 79.6 Å². The summed E-state index contributed by atoms with van der Waals surface area (Å²) in [6, 6.07) is 24.5. The lowest BCUT2D eigenvalue weighted by Gasteiger charge is -2.17. The Labute approximate surface area is 237 Å². The molecule has 0 saturated heterocycles. The first kappa shape index (κ1) is 26.8. The molecule has 4 aromatic carbocycles. The predicted octanol–water partition coefficient (Wildman–Crippen LogP) is 8.07. The van der Waals surface area contributed by atoms with Crippen LogP contribution in [0.25, 0.3) is 0 Å². The highest BCUT2D eigenvalue weighted by Gasteiger charge is 2.45. The van der Waals surface area contributed by atoms with Crippen molar-refractivity contribution < 1.29 is 32.5 Å². The molecule has 5 nitrogen and oxygen atoms in total. The highest BCUT2D eigenvalue weighted by molar-refractivity contribution is 5.77. The first-order chi connectivity index (χ1) is 20.0. The van der Waals surface area contributed by atoms with Gasteiger partial charge in [0.15, 0.2) is 11.6 Å². The van der Waals surface area contributed by atoms with E-state index in [9.17, 15) is 9.18 Å². The van der Waals surface area contributed by atoms with E-state index < -0.39 is 11.9 Å². The van der Waals surface area contributed by atoms with Crippen LogP contribution in [0, 0.1) is 17.6 Å². The topological polar surface area (TPSA) is 54.0 Å². The van der Waals surface area contributed by atoms with E-state index in [0.29, 0.717) is 47.8 Å². The number of carbonyl (C=O) groups is 1. The molecule has 0 spiro atoms. The van der Waals surface area contributed by atoms with Crippen LogP contribution < -0.4 is 14.2 Å². The number of ether oxygens (including phenoxy) is 4. The third kappa shape index (κ3) is 5.89. The molecule has 0 amide bonds. The Balaban J connectivity index is 1.11. The van der Waals surface area contributed by atoms with Gasteiger partial charge in [0, 0.05) is 17.2 Å². The molecule has 0 unspecified atom stereocenters. The summed E-state index contributed by atoms with van der Waals surface area (Å²) in [6.07, 6.45) is 1.46. The molecule has 4 aromatic rings. The van der Waals surface area contributed by atoms with Crippen LogP contribution in [0.1, 0.15) is 54.0 Å². The molecule has 0 N–H and O–H groups in total. The van der Waals surface area contributed by atoms with Crippen LogP contribution in [0.4, 0.5) is 8.78 Å². The van der Waals surface area contributed by atoms with E-state index in [1.165, 1.54) is 18.2 Å². The Morgan fingerprint density at radius 1 is 0.878 bits per heavy atom. The van der Waals surface area contributed by atoms with Crippen molar-refractivity contribution in [1.29, 1.82) is 0 Å². The Kier molecular flexibility index (Phi) is 7.59. The van der Waals surface area contributed by atoms with Crippen molar-refractivity contribution in [2.45, 2.75) is 44.8 Å². The maximum absolute atomic E-state index is 15.0. The third-order valence-corrected chi connectivity index (χ3v) is 7.57. The second kappa shape index (κ2) is 11.6. The fourth-order valence-electron chi connectivity index (χ4n) is 5.41. The highest BCUT2D eigenvalue weighted by Crippen LogP contribution is 2.49. The number of hydrogen-bond acceptors (Lipinski definition) is 5. The summed E-state index contributed by atoms with van der Waals surface area (Å²) in [7, 11) is 0. The van der Waals surface area contributed by atoms with Crippen molar-refractivity contribution >= 4 is 5.97 Å². The lowest BCUT2D eigenvalue weighted by atomic mass is 10.1. The van der Waals surface area contributed by atoms with Gasteiger partial charge in [0.1, 0.15) is 35.8 Å². The monoisotopic (exact) mass is 556 g/mol. The molecule has 1 saturated carbocycles. The summed E-state index contributed by atoms with van der Waals surface area (Å²) >= 11 is 0. The number of esters is 1.